The Morgan fingerprint density at radius 1 is 1.45 bits per heavy atom. The monoisotopic (exact) mass is 290 g/mol. The number of hydrogen-bond acceptors (Lipinski definition) is 3. The molecule has 112 valence electrons. The minimum atomic E-state index is -4.46. The van der Waals surface area contributed by atoms with E-state index in [9.17, 15) is 18.0 Å². The Labute approximate surface area is 115 Å². The maximum Gasteiger partial charge on any atom is 0.416 e. The largest absolute Gasteiger partial charge is 0.416 e. The number of halogens is 3. The summed E-state index contributed by atoms with van der Waals surface area (Å²) in [6, 6.07) is 2.77. The molecule has 4 nitrogen and oxygen atoms in total. The zero-order chi connectivity index (χ0) is 15.3. The number of carbonyl (C=O) groups is 1. The third-order valence-electron chi connectivity index (χ3n) is 2.73. The van der Waals surface area contributed by atoms with Crippen LogP contribution in [-0.2, 0) is 15.7 Å². The molecule has 0 aromatic heterocycles. The number of rotatable bonds is 5. The second kappa shape index (κ2) is 6.60. The van der Waals surface area contributed by atoms with Crippen LogP contribution >= 0.6 is 0 Å². The van der Waals surface area contributed by atoms with E-state index in [4.69, 9.17) is 10.5 Å². The highest BCUT2D eigenvalue weighted by Gasteiger charge is 2.30. The molecular weight excluding hydrogens is 273 g/mol. The number of amides is 1. The fourth-order valence-corrected chi connectivity index (χ4v) is 1.37. The van der Waals surface area contributed by atoms with E-state index in [1.165, 1.54) is 0 Å². The zero-order valence-corrected chi connectivity index (χ0v) is 11.3. The van der Waals surface area contributed by atoms with E-state index in [0.29, 0.717) is 0 Å². The molecule has 1 rings (SSSR count). The van der Waals surface area contributed by atoms with Crippen LogP contribution in [0.1, 0.15) is 25.8 Å². The van der Waals surface area contributed by atoms with Crippen molar-refractivity contribution in [2.45, 2.75) is 32.5 Å². The lowest BCUT2D eigenvalue weighted by atomic mass is 10.1. The highest BCUT2D eigenvalue weighted by Crippen LogP contribution is 2.32. The summed E-state index contributed by atoms with van der Waals surface area (Å²) in [5, 5.41) is 2.41. The van der Waals surface area contributed by atoms with E-state index in [1.807, 2.05) is 13.8 Å². The molecule has 0 spiro atoms. The van der Waals surface area contributed by atoms with Crippen LogP contribution in [0.25, 0.3) is 0 Å². The predicted octanol–water partition coefficient (Wildman–Crippen LogP) is 3.04. The summed E-state index contributed by atoms with van der Waals surface area (Å²) >= 11 is 0. The summed E-state index contributed by atoms with van der Waals surface area (Å²) in [4.78, 5) is 11.6. The number of nitrogens with two attached hydrogens (primary N) is 1. The third-order valence-corrected chi connectivity index (χ3v) is 2.73. The number of hydrogen-bond donors (Lipinski definition) is 2. The van der Waals surface area contributed by atoms with Crippen molar-refractivity contribution in [3.8, 4) is 0 Å². The molecule has 1 amide bonds. The van der Waals surface area contributed by atoms with Gasteiger partial charge >= 0.3 is 6.18 Å². The Morgan fingerprint density at radius 2 is 2.10 bits per heavy atom. The normalized spacial score (nSPS) is 13.1. The van der Waals surface area contributed by atoms with Gasteiger partial charge in [0.1, 0.15) is 6.61 Å². The summed E-state index contributed by atoms with van der Waals surface area (Å²) in [5.74, 6) is -0.461. The topological polar surface area (TPSA) is 64.3 Å². The molecule has 1 aromatic rings. The van der Waals surface area contributed by atoms with E-state index in [1.54, 1.807) is 0 Å². The summed E-state index contributed by atoms with van der Waals surface area (Å²) in [6.45, 7) is 3.56. The van der Waals surface area contributed by atoms with Gasteiger partial charge < -0.3 is 15.8 Å². The maximum absolute atomic E-state index is 12.4. The van der Waals surface area contributed by atoms with Gasteiger partial charge in [-0.15, -0.1) is 0 Å². The molecule has 0 aliphatic rings. The molecule has 0 heterocycles. The van der Waals surface area contributed by atoms with E-state index in [-0.39, 0.29) is 24.1 Å². The number of nitrogens with one attached hydrogen (secondary N) is 1. The number of anilines is 2. The molecule has 1 aromatic carbocycles. The number of nitrogen functional groups attached to an aromatic ring is 1. The van der Waals surface area contributed by atoms with Crippen molar-refractivity contribution in [3.05, 3.63) is 23.8 Å². The molecule has 0 aliphatic carbocycles. The maximum atomic E-state index is 12.4. The summed E-state index contributed by atoms with van der Waals surface area (Å²) in [6.07, 6.45) is -3.77. The van der Waals surface area contributed by atoms with E-state index in [0.717, 1.165) is 24.6 Å². The van der Waals surface area contributed by atoms with Crippen LogP contribution in [0.2, 0.25) is 0 Å². The van der Waals surface area contributed by atoms with Crippen molar-refractivity contribution >= 4 is 17.3 Å². The minimum Gasteiger partial charge on any atom is -0.397 e. The Morgan fingerprint density at radius 3 is 2.60 bits per heavy atom. The van der Waals surface area contributed by atoms with E-state index >= 15 is 0 Å². The standard InChI is InChI=1S/C13H17F3N2O2/c1-3-8(2)20-7-12(19)18-11-5-4-9(6-10(11)17)13(14,15)16/h4-6,8H,3,7,17H2,1-2H3,(H,18,19). The highest BCUT2D eigenvalue weighted by atomic mass is 19.4. The molecule has 0 saturated carbocycles. The average Bonchev–Trinajstić information content (AvgIpc) is 2.37. The van der Waals surface area contributed by atoms with Crippen LogP contribution in [0.4, 0.5) is 24.5 Å². The van der Waals surface area contributed by atoms with Crippen molar-refractivity contribution < 1.29 is 22.7 Å². The quantitative estimate of drug-likeness (QED) is 0.819. The lowest BCUT2D eigenvalue weighted by molar-refractivity contribution is -0.137. The summed E-state index contributed by atoms with van der Waals surface area (Å²) < 4.78 is 42.6. The smallest absolute Gasteiger partial charge is 0.397 e. The van der Waals surface area contributed by atoms with Crippen LogP contribution in [0.5, 0.6) is 0 Å². The van der Waals surface area contributed by atoms with Gasteiger partial charge in [0.05, 0.1) is 23.0 Å². The molecule has 20 heavy (non-hydrogen) atoms. The zero-order valence-electron chi connectivity index (χ0n) is 11.3. The van der Waals surface area contributed by atoms with Crippen molar-refractivity contribution in [2.75, 3.05) is 17.7 Å². The van der Waals surface area contributed by atoms with Crippen molar-refractivity contribution in [1.29, 1.82) is 0 Å². The van der Waals surface area contributed by atoms with Gasteiger partial charge in [-0.3, -0.25) is 4.79 Å². The Kier molecular flexibility index (Phi) is 5.38. The molecule has 0 saturated heterocycles. The molecule has 0 radical (unpaired) electrons. The van der Waals surface area contributed by atoms with Gasteiger partial charge in [-0.05, 0) is 31.5 Å². The minimum absolute atomic E-state index is 0.0642. The molecular formula is C13H17F3N2O2. The fourth-order valence-electron chi connectivity index (χ4n) is 1.37. The summed E-state index contributed by atoms with van der Waals surface area (Å²) in [7, 11) is 0. The van der Waals surface area contributed by atoms with Crippen LogP contribution in [-0.4, -0.2) is 18.6 Å². The van der Waals surface area contributed by atoms with Gasteiger partial charge in [0, 0.05) is 0 Å². The van der Waals surface area contributed by atoms with Crippen LogP contribution in [0.3, 0.4) is 0 Å². The number of ether oxygens (including phenoxy) is 1. The Bertz CT molecular complexity index is 475. The fraction of sp³-hybridized carbons (Fsp3) is 0.462. The van der Waals surface area contributed by atoms with Gasteiger partial charge in [-0.25, -0.2) is 0 Å². The molecule has 1 atom stereocenters. The lowest BCUT2D eigenvalue weighted by Gasteiger charge is -2.13. The van der Waals surface area contributed by atoms with Gasteiger partial charge in [-0.2, -0.15) is 13.2 Å². The molecule has 3 N–H and O–H groups in total. The first kappa shape index (κ1) is 16.3. The van der Waals surface area contributed by atoms with Gasteiger partial charge in [0.25, 0.3) is 0 Å². The second-order valence-electron chi connectivity index (χ2n) is 4.38. The average molecular weight is 290 g/mol. The number of benzene rings is 1. The van der Waals surface area contributed by atoms with Crippen LogP contribution in [0.15, 0.2) is 18.2 Å². The van der Waals surface area contributed by atoms with Crippen molar-refractivity contribution in [1.82, 2.24) is 0 Å². The molecule has 0 fully saturated rings. The predicted molar refractivity (Wildman–Crippen MR) is 70.2 cm³/mol. The number of alkyl halides is 3. The first-order chi connectivity index (χ1) is 9.24. The van der Waals surface area contributed by atoms with E-state index < -0.39 is 17.6 Å². The highest BCUT2D eigenvalue weighted by molar-refractivity contribution is 5.94. The third kappa shape index (κ3) is 4.73. The van der Waals surface area contributed by atoms with E-state index in [2.05, 4.69) is 5.32 Å². The number of carbonyl (C=O) groups excluding carboxylic acids is 1. The Hall–Kier alpha value is -1.76. The summed E-state index contributed by atoms with van der Waals surface area (Å²) in [5.41, 5.74) is 4.63. The Balaban J connectivity index is 2.67. The van der Waals surface area contributed by atoms with Crippen LogP contribution in [0, 0.1) is 0 Å². The van der Waals surface area contributed by atoms with Crippen molar-refractivity contribution in [3.63, 3.8) is 0 Å². The SMILES string of the molecule is CCC(C)OCC(=O)Nc1ccc(C(F)(F)F)cc1N. The first-order valence-electron chi connectivity index (χ1n) is 6.12. The second-order valence-corrected chi connectivity index (χ2v) is 4.38. The van der Waals surface area contributed by atoms with Gasteiger partial charge in [0.2, 0.25) is 5.91 Å². The van der Waals surface area contributed by atoms with Gasteiger partial charge in [-0.1, -0.05) is 6.92 Å². The molecule has 0 bridgehead atoms. The molecule has 7 heteroatoms. The molecule has 0 aliphatic heterocycles. The van der Waals surface area contributed by atoms with Crippen molar-refractivity contribution in [2.24, 2.45) is 0 Å². The van der Waals surface area contributed by atoms with Gasteiger partial charge in [0.15, 0.2) is 0 Å². The lowest BCUT2D eigenvalue weighted by Crippen LogP contribution is -2.22. The van der Waals surface area contributed by atoms with Crippen LogP contribution < -0.4 is 11.1 Å². The first-order valence-corrected chi connectivity index (χ1v) is 6.12. The molecule has 1 unspecified atom stereocenters.